The van der Waals surface area contributed by atoms with Crippen molar-refractivity contribution in [3.05, 3.63) is 24.7 Å². The smallest absolute Gasteiger partial charge is 0.407 e. The van der Waals surface area contributed by atoms with Crippen molar-refractivity contribution in [2.75, 3.05) is 12.8 Å². The number of carbonyl (C=O) groups excluding carboxylic acids is 2. The SMILES string of the molecule is CC[C@H](C)CC1NC(=O)C=C(F)N1[C@H]1O[C@H](n2cnc3c(N)ncnc32)[C@H](OC(=O)NC)[C@H]1O. The van der Waals surface area contributed by atoms with Gasteiger partial charge in [0.25, 0.3) is 0 Å². The Morgan fingerprint density at radius 3 is 2.88 bits per heavy atom. The first-order valence-electron chi connectivity index (χ1n) is 10.9. The summed E-state index contributed by atoms with van der Waals surface area (Å²) in [4.78, 5) is 37.5. The zero-order valence-electron chi connectivity index (χ0n) is 18.9. The van der Waals surface area contributed by atoms with E-state index in [1.165, 1.54) is 24.3 Å². The molecule has 0 aliphatic carbocycles. The van der Waals surface area contributed by atoms with Gasteiger partial charge in [0.1, 0.15) is 24.1 Å². The van der Waals surface area contributed by atoms with E-state index in [0.29, 0.717) is 6.42 Å². The van der Waals surface area contributed by atoms with Crippen LogP contribution in [0.4, 0.5) is 15.0 Å². The zero-order valence-corrected chi connectivity index (χ0v) is 18.9. The monoisotopic (exact) mass is 478 g/mol. The number of ether oxygens (including phenoxy) is 2. The Balaban J connectivity index is 1.73. The molecule has 2 aliphatic rings. The van der Waals surface area contributed by atoms with Crippen molar-refractivity contribution in [2.24, 2.45) is 5.92 Å². The third kappa shape index (κ3) is 4.21. The number of amides is 2. The van der Waals surface area contributed by atoms with Gasteiger partial charge in [-0.25, -0.2) is 19.7 Å². The Morgan fingerprint density at radius 2 is 2.18 bits per heavy atom. The van der Waals surface area contributed by atoms with Crippen LogP contribution in [-0.4, -0.2) is 73.2 Å². The Hall–Kier alpha value is -3.52. The molecule has 0 saturated carbocycles. The zero-order chi connectivity index (χ0) is 24.6. The predicted molar refractivity (Wildman–Crippen MR) is 116 cm³/mol. The highest BCUT2D eigenvalue weighted by Gasteiger charge is 2.53. The van der Waals surface area contributed by atoms with E-state index in [1.807, 2.05) is 13.8 Å². The van der Waals surface area contributed by atoms with Crippen LogP contribution in [0.1, 0.15) is 32.9 Å². The number of nitrogens with one attached hydrogen (secondary N) is 2. The molecule has 1 saturated heterocycles. The van der Waals surface area contributed by atoms with Crippen molar-refractivity contribution in [1.29, 1.82) is 0 Å². The maximum absolute atomic E-state index is 15.1. The fourth-order valence-electron chi connectivity index (χ4n) is 4.08. The molecule has 2 aliphatic heterocycles. The molecule has 1 fully saturated rings. The number of anilines is 1. The van der Waals surface area contributed by atoms with Crippen molar-refractivity contribution >= 4 is 29.0 Å². The van der Waals surface area contributed by atoms with Crippen LogP contribution in [0, 0.1) is 5.92 Å². The number of aromatic nitrogens is 4. The number of nitrogens with two attached hydrogens (primary N) is 1. The molecule has 5 N–H and O–H groups in total. The van der Waals surface area contributed by atoms with Crippen molar-refractivity contribution < 1.29 is 28.6 Å². The lowest BCUT2D eigenvalue weighted by Crippen LogP contribution is -2.57. The predicted octanol–water partition coefficient (Wildman–Crippen LogP) is 0.354. The second kappa shape index (κ2) is 9.38. The maximum Gasteiger partial charge on any atom is 0.407 e. The second-order valence-electron chi connectivity index (χ2n) is 8.26. The Bertz CT molecular complexity index is 1110. The van der Waals surface area contributed by atoms with Gasteiger partial charge in [0, 0.05) is 7.05 Å². The van der Waals surface area contributed by atoms with E-state index in [2.05, 4.69) is 25.6 Å². The number of hydrogen-bond acceptors (Lipinski definition) is 10. The van der Waals surface area contributed by atoms with Gasteiger partial charge in [-0.3, -0.25) is 14.3 Å². The third-order valence-corrected chi connectivity index (χ3v) is 6.04. The van der Waals surface area contributed by atoms with Crippen LogP contribution >= 0.6 is 0 Å². The van der Waals surface area contributed by atoms with Crippen LogP contribution in [0.15, 0.2) is 24.7 Å². The summed E-state index contributed by atoms with van der Waals surface area (Å²) in [7, 11) is 1.36. The normalized spacial score (nSPS) is 27.9. The van der Waals surface area contributed by atoms with Crippen LogP contribution in [0.3, 0.4) is 0 Å². The van der Waals surface area contributed by atoms with Crippen molar-refractivity contribution in [2.45, 2.75) is 57.5 Å². The Morgan fingerprint density at radius 1 is 1.41 bits per heavy atom. The number of nitrogens with zero attached hydrogens (tertiary/aromatic N) is 5. The van der Waals surface area contributed by atoms with E-state index in [1.54, 1.807) is 0 Å². The number of aliphatic hydroxyl groups is 1. The number of nitrogen functional groups attached to an aromatic ring is 1. The van der Waals surface area contributed by atoms with Gasteiger partial charge in [-0.2, -0.15) is 4.39 Å². The Labute approximate surface area is 194 Å². The van der Waals surface area contributed by atoms with Crippen LogP contribution < -0.4 is 16.4 Å². The first-order chi connectivity index (χ1) is 16.2. The van der Waals surface area contributed by atoms with E-state index in [0.717, 1.165) is 17.4 Å². The third-order valence-electron chi connectivity index (χ3n) is 6.04. The standard InChI is InChI=1S/C20H27FN8O5/c1-4-9(2)5-11-27-12(30)6-10(21)29(11)18-14(31)15(33-20(32)23-3)19(34-18)28-8-26-13-16(22)24-7-25-17(13)28/h6-9,11,14-15,18-19,31H,4-5H2,1-3H3,(H,23,32)(H,27,30)(H2,22,24,25)/t9-,11?,14+,15+,18-,19-/m0/s1. The largest absolute Gasteiger partial charge is 0.438 e. The highest BCUT2D eigenvalue weighted by Crippen LogP contribution is 2.38. The molecule has 0 spiro atoms. The summed E-state index contributed by atoms with van der Waals surface area (Å²) >= 11 is 0. The van der Waals surface area contributed by atoms with Gasteiger partial charge in [0.2, 0.25) is 5.91 Å². The lowest BCUT2D eigenvalue weighted by atomic mass is 10.0. The molecule has 34 heavy (non-hydrogen) atoms. The van der Waals surface area contributed by atoms with Crippen molar-refractivity contribution in [3.63, 3.8) is 0 Å². The summed E-state index contributed by atoms with van der Waals surface area (Å²) in [5.41, 5.74) is 6.43. The summed E-state index contributed by atoms with van der Waals surface area (Å²) in [5, 5.41) is 16.2. The molecule has 13 nitrogen and oxygen atoms in total. The van der Waals surface area contributed by atoms with Gasteiger partial charge < -0.3 is 30.9 Å². The molecule has 4 heterocycles. The van der Waals surface area contributed by atoms with E-state index < -0.39 is 48.8 Å². The number of halogens is 1. The molecule has 6 atom stereocenters. The molecular weight excluding hydrogens is 451 g/mol. The Kier molecular flexibility index (Phi) is 6.52. The van der Waals surface area contributed by atoms with Gasteiger partial charge in [0.15, 0.2) is 36.0 Å². The van der Waals surface area contributed by atoms with Gasteiger partial charge in [-0.15, -0.1) is 0 Å². The molecule has 184 valence electrons. The highest BCUT2D eigenvalue weighted by molar-refractivity contribution is 5.89. The van der Waals surface area contributed by atoms with Crippen molar-refractivity contribution in [1.82, 2.24) is 35.1 Å². The summed E-state index contributed by atoms with van der Waals surface area (Å²) < 4.78 is 28.0. The van der Waals surface area contributed by atoms with E-state index in [4.69, 9.17) is 15.2 Å². The molecule has 0 bridgehead atoms. The molecule has 2 aromatic heterocycles. The molecule has 0 aromatic carbocycles. The minimum absolute atomic E-state index is 0.129. The highest BCUT2D eigenvalue weighted by atomic mass is 19.1. The van der Waals surface area contributed by atoms with Gasteiger partial charge in [0.05, 0.1) is 12.4 Å². The van der Waals surface area contributed by atoms with Crippen LogP contribution in [-0.2, 0) is 14.3 Å². The number of hydrogen-bond donors (Lipinski definition) is 4. The number of fused-ring (bicyclic) bond motifs is 1. The van der Waals surface area contributed by atoms with Gasteiger partial charge >= 0.3 is 6.09 Å². The fraction of sp³-hybridized carbons (Fsp3) is 0.550. The minimum Gasteiger partial charge on any atom is -0.438 e. The van der Waals surface area contributed by atoms with Crippen LogP contribution in [0.2, 0.25) is 0 Å². The topological polar surface area (TPSA) is 170 Å². The second-order valence-corrected chi connectivity index (χ2v) is 8.26. The quantitative estimate of drug-likeness (QED) is 0.425. The summed E-state index contributed by atoms with van der Waals surface area (Å²) in [6, 6.07) is 0. The fourth-order valence-corrected chi connectivity index (χ4v) is 4.08. The summed E-state index contributed by atoms with van der Waals surface area (Å²) in [5.74, 6) is -1.19. The minimum atomic E-state index is -1.49. The molecule has 4 rings (SSSR count). The van der Waals surface area contributed by atoms with Gasteiger partial charge in [-0.05, 0) is 12.3 Å². The average molecular weight is 478 g/mol. The molecule has 0 radical (unpaired) electrons. The number of imidazole rings is 1. The molecule has 14 heteroatoms. The van der Waals surface area contributed by atoms with Crippen LogP contribution in [0.5, 0.6) is 0 Å². The average Bonchev–Trinajstić information content (AvgIpc) is 3.36. The number of carbonyl (C=O) groups is 2. The summed E-state index contributed by atoms with van der Waals surface area (Å²) in [6.45, 7) is 3.95. The van der Waals surface area contributed by atoms with E-state index in [9.17, 15) is 14.7 Å². The van der Waals surface area contributed by atoms with E-state index >= 15 is 4.39 Å². The van der Waals surface area contributed by atoms with Crippen molar-refractivity contribution in [3.8, 4) is 0 Å². The molecular formula is C20H27FN8O5. The molecule has 1 unspecified atom stereocenters. The molecule has 2 amide bonds. The first kappa shape index (κ1) is 23.6. The number of rotatable bonds is 6. The molecule has 2 aromatic rings. The lowest BCUT2D eigenvalue weighted by molar-refractivity contribution is -0.137. The number of alkyl carbamates (subject to hydrolysis) is 1. The van der Waals surface area contributed by atoms with Crippen LogP contribution in [0.25, 0.3) is 11.2 Å². The first-order valence-corrected chi connectivity index (χ1v) is 10.9. The van der Waals surface area contributed by atoms with Gasteiger partial charge in [-0.1, -0.05) is 20.3 Å². The maximum atomic E-state index is 15.1. The lowest BCUT2D eigenvalue weighted by Gasteiger charge is -2.40. The summed E-state index contributed by atoms with van der Waals surface area (Å²) in [6.07, 6.45) is -2.24. The van der Waals surface area contributed by atoms with E-state index in [-0.39, 0.29) is 22.9 Å². The number of aliphatic hydroxyl groups excluding tert-OH is 1.